The van der Waals surface area contributed by atoms with Crippen molar-refractivity contribution in [3.8, 4) is 6.07 Å². The van der Waals surface area contributed by atoms with Crippen molar-refractivity contribution in [1.29, 1.82) is 5.26 Å². The normalized spacial score (nSPS) is 20.3. The van der Waals surface area contributed by atoms with E-state index in [1.54, 1.807) is 0 Å². The summed E-state index contributed by atoms with van der Waals surface area (Å²) in [6.45, 7) is 2.32. The Bertz CT molecular complexity index is 653. The third kappa shape index (κ3) is 7.10. The molecular formula is C30H47N. The standard InChI is InChI=1S/C30H47N/c1-2-3-4-5-8-19-29(20-9-6-10-21-29)22-13-14-25-30(23-11-7-12-24-30)28-17-15-27(26-31)16-18-28/h15-18H,2-14,19-25H2,1H3. The Morgan fingerprint density at radius 2 is 1.23 bits per heavy atom. The third-order valence-electron chi connectivity index (χ3n) is 8.77. The minimum atomic E-state index is 0.381. The van der Waals surface area contributed by atoms with Gasteiger partial charge in [0.1, 0.15) is 0 Å². The molecule has 0 aromatic heterocycles. The Hall–Kier alpha value is -1.29. The van der Waals surface area contributed by atoms with Gasteiger partial charge in [-0.25, -0.2) is 0 Å². The summed E-state index contributed by atoms with van der Waals surface area (Å²) in [7, 11) is 0. The van der Waals surface area contributed by atoms with Crippen LogP contribution >= 0.6 is 0 Å². The summed E-state index contributed by atoms with van der Waals surface area (Å²) in [6, 6.07) is 10.9. The molecule has 0 amide bonds. The van der Waals surface area contributed by atoms with Crippen molar-refractivity contribution >= 4 is 0 Å². The SMILES string of the molecule is CCCCCCCC1(CCCCC2(c3ccc(C#N)cc3)CCCCC2)CCCCC1. The van der Waals surface area contributed by atoms with Gasteiger partial charge in [-0.15, -0.1) is 0 Å². The maximum Gasteiger partial charge on any atom is 0.0991 e. The first-order valence-electron chi connectivity index (χ1n) is 13.7. The monoisotopic (exact) mass is 421 g/mol. The van der Waals surface area contributed by atoms with Gasteiger partial charge in [0.15, 0.2) is 0 Å². The highest BCUT2D eigenvalue weighted by Crippen LogP contribution is 2.47. The summed E-state index contributed by atoms with van der Waals surface area (Å²) in [5, 5.41) is 9.18. The molecule has 0 radical (unpaired) electrons. The second-order valence-corrected chi connectivity index (χ2v) is 11.0. The van der Waals surface area contributed by atoms with E-state index in [2.05, 4.69) is 25.1 Å². The fourth-order valence-corrected chi connectivity index (χ4v) is 6.80. The van der Waals surface area contributed by atoms with Gasteiger partial charge in [-0.1, -0.05) is 103 Å². The van der Waals surface area contributed by atoms with E-state index in [4.69, 9.17) is 0 Å². The summed E-state index contributed by atoms with van der Waals surface area (Å²) in [5.41, 5.74) is 3.37. The molecule has 0 aliphatic heterocycles. The van der Waals surface area contributed by atoms with Crippen molar-refractivity contribution < 1.29 is 0 Å². The van der Waals surface area contributed by atoms with Crippen molar-refractivity contribution in [3.05, 3.63) is 35.4 Å². The predicted molar refractivity (Wildman–Crippen MR) is 133 cm³/mol. The average molecular weight is 422 g/mol. The average Bonchev–Trinajstić information content (AvgIpc) is 2.83. The van der Waals surface area contributed by atoms with E-state index in [-0.39, 0.29) is 0 Å². The van der Waals surface area contributed by atoms with Crippen LogP contribution in [0.4, 0.5) is 0 Å². The fourth-order valence-electron chi connectivity index (χ4n) is 6.80. The zero-order valence-corrected chi connectivity index (χ0v) is 20.4. The summed E-state index contributed by atoms with van der Waals surface area (Å²) >= 11 is 0. The number of unbranched alkanes of at least 4 members (excludes halogenated alkanes) is 5. The Balaban J connectivity index is 1.54. The molecule has 0 atom stereocenters. The van der Waals surface area contributed by atoms with E-state index in [0.717, 1.165) is 5.56 Å². The maximum absolute atomic E-state index is 9.18. The largest absolute Gasteiger partial charge is 0.192 e. The van der Waals surface area contributed by atoms with E-state index in [0.29, 0.717) is 10.8 Å². The molecule has 1 heteroatoms. The number of hydrogen-bond acceptors (Lipinski definition) is 1. The molecule has 172 valence electrons. The first-order chi connectivity index (χ1) is 15.2. The van der Waals surface area contributed by atoms with Crippen LogP contribution in [0.25, 0.3) is 0 Å². The highest BCUT2D eigenvalue weighted by molar-refractivity contribution is 5.35. The van der Waals surface area contributed by atoms with Gasteiger partial charge in [0, 0.05) is 0 Å². The molecule has 0 N–H and O–H groups in total. The highest BCUT2D eigenvalue weighted by atomic mass is 14.4. The van der Waals surface area contributed by atoms with Crippen LogP contribution in [0.15, 0.2) is 24.3 Å². The van der Waals surface area contributed by atoms with Gasteiger partial charge in [-0.05, 0) is 73.5 Å². The molecule has 0 heterocycles. The number of benzene rings is 1. The van der Waals surface area contributed by atoms with Crippen LogP contribution in [0.1, 0.15) is 146 Å². The van der Waals surface area contributed by atoms with Gasteiger partial charge in [-0.3, -0.25) is 0 Å². The van der Waals surface area contributed by atoms with E-state index >= 15 is 0 Å². The van der Waals surface area contributed by atoms with Crippen LogP contribution in [-0.4, -0.2) is 0 Å². The Labute approximate surface area is 193 Å². The zero-order chi connectivity index (χ0) is 21.8. The molecule has 2 aliphatic rings. The van der Waals surface area contributed by atoms with Gasteiger partial charge >= 0.3 is 0 Å². The molecule has 0 saturated heterocycles. The second-order valence-electron chi connectivity index (χ2n) is 11.0. The van der Waals surface area contributed by atoms with Gasteiger partial charge in [0.25, 0.3) is 0 Å². The summed E-state index contributed by atoms with van der Waals surface area (Å²) in [4.78, 5) is 0. The van der Waals surface area contributed by atoms with Gasteiger partial charge in [-0.2, -0.15) is 5.26 Å². The molecule has 1 aromatic rings. The third-order valence-corrected chi connectivity index (χ3v) is 8.77. The Kier molecular flexibility index (Phi) is 9.95. The predicted octanol–water partition coefficient (Wildman–Crippen LogP) is 9.63. The first kappa shape index (κ1) is 24.4. The molecule has 2 aliphatic carbocycles. The van der Waals surface area contributed by atoms with E-state index in [1.165, 1.54) is 134 Å². The van der Waals surface area contributed by atoms with E-state index in [1.807, 2.05) is 12.1 Å². The van der Waals surface area contributed by atoms with Crippen molar-refractivity contribution in [2.75, 3.05) is 0 Å². The zero-order valence-electron chi connectivity index (χ0n) is 20.4. The summed E-state index contributed by atoms with van der Waals surface area (Å²) < 4.78 is 0. The minimum Gasteiger partial charge on any atom is -0.192 e. The maximum atomic E-state index is 9.18. The lowest BCUT2D eigenvalue weighted by Gasteiger charge is -2.40. The molecule has 0 unspecified atom stereocenters. The molecule has 31 heavy (non-hydrogen) atoms. The minimum absolute atomic E-state index is 0.381. The van der Waals surface area contributed by atoms with Gasteiger partial charge < -0.3 is 0 Å². The fraction of sp³-hybridized carbons (Fsp3) is 0.767. The summed E-state index contributed by atoms with van der Waals surface area (Å²) in [6.07, 6.45) is 28.6. The number of nitrogens with zero attached hydrogens (tertiary/aromatic N) is 1. The Morgan fingerprint density at radius 1 is 0.677 bits per heavy atom. The lowest BCUT2D eigenvalue weighted by Crippen LogP contribution is -2.29. The highest BCUT2D eigenvalue weighted by Gasteiger charge is 2.34. The topological polar surface area (TPSA) is 23.8 Å². The molecule has 1 nitrogen and oxygen atoms in total. The second kappa shape index (κ2) is 12.7. The van der Waals surface area contributed by atoms with Crippen LogP contribution in [0, 0.1) is 16.7 Å². The van der Waals surface area contributed by atoms with Crippen LogP contribution in [0.2, 0.25) is 0 Å². The van der Waals surface area contributed by atoms with Crippen LogP contribution < -0.4 is 0 Å². The van der Waals surface area contributed by atoms with E-state index < -0.39 is 0 Å². The number of hydrogen-bond donors (Lipinski definition) is 0. The molecular weight excluding hydrogens is 374 g/mol. The number of rotatable bonds is 12. The first-order valence-corrected chi connectivity index (χ1v) is 13.7. The lowest BCUT2D eigenvalue weighted by atomic mass is 9.65. The number of nitriles is 1. The Morgan fingerprint density at radius 3 is 1.84 bits per heavy atom. The lowest BCUT2D eigenvalue weighted by molar-refractivity contribution is 0.144. The summed E-state index contributed by atoms with van der Waals surface area (Å²) in [5.74, 6) is 0. The van der Waals surface area contributed by atoms with Gasteiger partial charge in [0.05, 0.1) is 11.6 Å². The van der Waals surface area contributed by atoms with Crippen molar-refractivity contribution in [2.24, 2.45) is 5.41 Å². The molecule has 2 saturated carbocycles. The van der Waals surface area contributed by atoms with Crippen molar-refractivity contribution in [2.45, 2.75) is 141 Å². The van der Waals surface area contributed by atoms with E-state index in [9.17, 15) is 5.26 Å². The quantitative estimate of drug-likeness (QED) is 0.308. The molecule has 0 spiro atoms. The molecule has 1 aromatic carbocycles. The van der Waals surface area contributed by atoms with Crippen LogP contribution in [0.3, 0.4) is 0 Å². The van der Waals surface area contributed by atoms with Gasteiger partial charge in [0.2, 0.25) is 0 Å². The van der Waals surface area contributed by atoms with Crippen LogP contribution in [0.5, 0.6) is 0 Å². The molecule has 3 rings (SSSR count). The smallest absolute Gasteiger partial charge is 0.0991 e. The van der Waals surface area contributed by atoms with Crippen molar-refractivity contribution in [3.63, 3.8) is 0 Å². The molecule has 2 fully saturated rings. The van der Waals surface area contributed by atoms with Crippen molar-refractivity contribution in [1.82, 2.24) is 0 Å². The van der Waals surface area contributed by atoms with Crippen LogP contribution in [-0.2, 0) is 5.41 Å². The molecule has 0 bridgehead atoms.